The SMILES string of the molecule is Fc1cc(Br)ccc1NC1CCCCCCC1. The van der Waals surface area contributed by atoms with Crippen molar-refractivity contribution in [3.63, 3.8) is 0 Å². The monoisotopic (exact) mass is 299 g/mol. The Bertz CT molecular complexity index is 359. The second-order valence-electron chi connectivity index (χ2n) is 4.81. The molecular weight excluding hydrogens is 281 g/mol. The number of anilines is 1. The van der Waals surface area contributed by atoms with E-state index in [4.69, 9.17) is 0 Å². The Labute approximate surface area is 111 Å². The summed E-state index contributed by atoms with van der Waals surface area (Å²) in [4.78, 5) is 0. The zero-order valence-electron chi connectivity index (χ0n) is 10.0. The first-order chi connectivity index (χ1) is 8.25. The van der Waals surface area contributed by atoms with E-state index < -0.39 is 0 Å². The van der Waals surface area contributed by atoms with Gasteiger partial charge in [-0.15, -0.1) is 0 Å². The fraction of sp³-hybridized carbons (Fsp3) is 0.571. The van der Waals surface area contributed by atoms with Crippen LogP contribution in [-0.4, -0.2) is 6.04 Å². The zero-order chi connectivity index (χ0) is 12.1. The Morgan fingerprint density at radius 3 is 2.35 bits per heavy atom. The Morgan fingerprint density at radius 1 is 1.06 bits per heavy atom. The number of hydrogen-bond donors (Lipinski definition) is 1. The van der Waals surface area contributed by atoms with Gasteiger partial charge in [-0.25, -0.2) is 4.39 Å². The summed E-state index contributed by atoms with van der Waals surface area (Å²) in [7, 11) is 0. The van der Waals surface area contributed by atoms with Crippen LogP contribution in [-0.2, 0) is 0 Å². The molecular formula is C14H19BrFN. The minimum absolute atomic E-state index is 0.165. The summed E-state index contributed by atoms with van der Waals surface area (Å²) in [6.45, 7) is 0. The molecule has 1 fully saturated rings. The molecule has 0 saturated heterocycles. The first-order valence-corrected chi connectivity index (χ1v) is 7.26. The maximum Gasteiger partial charge on any atom is 0.147 e. The molecule has 1 saturated carbocycles. The summed E-state index contributed by atoms with van der Waals surface area (Å²) in [5, 5.41) is 3.35. The highest BCUT2D eigenvalue weighted by atomic mass is 79.9. The van der Waals surface area contributed by atoms with E-state index in [1.54, 1.807) is 0 Å². The molecule has 1 nitrogen and oxygen atoms in total. The van der Waals surface area contributed by atoms with Crippen molar-refractivity contribution in [3.8, 4) is 0 Å². The number of benzene rings is 1. The van der Waals surface area contributed by atoms with E-state index in [0.717, 1.165) is 17.3 Å². The molecule has 17 heavy (non-hydrogen) atoms. The molecule has 1 aliphatic carbocycles. The summed E-state index contributed by atoms with van der Waals surface area (Å²) in [5.41, 5.74) is 0.638. The molecule has 1 aromatic rings. The van der Waals surface area contributed by atoms with Gasteiger partial charge in [-0.05, 0) is 31.0 Å². The normalized spacial score (nSPS) is 18.5. The molecule has 0 radical (unpaired) electrons. The van der Waals surface area contributed by atoms with Crippen LogP contribution in [0.4, 0.5) is 10.1 Å². The third kappa shape index (κ3) is 3.98. The first-order valence-electron chi connectivity index (χ1n) is 6.47. The molecule has 0 heterocycles. The van der Waals surface area contributed by atoms with Gasteiger partial charge in [-0.3, -0.25) is 0 Å². The Kier molecular flexibility index (Phi) is 4.84. The van der Waals surface area contributed by atoms with Crippen LogP contribution in [0, 0.1) is 5.82 Å². The highest BCUT2D eigenvalue weighted by Gasteiger charge is 2.12. The van der Waals surface area contributed by atoms with Crippen LogP contribution >= 0.6 is 15.9 Å². The standard InChI is InChI=1S/C14H19BrFN/c15-11-8-9-14(13(16)10-11)17-12-6-4-2-1-3-5-7-12/h8-10,12,17H,1-7H2. The minimum atomic E-state index is -0.165. The third-order valence-corrected chi connectivity index (χ3v) is 3.89. The van der Waals surface area contributed by atoms with Crippen LogP contribution in [0.15, 0.2) is 22.7 Å². The van der Waals surface area contributed by atoms with E-state index in [1.165, 1.54) is 38.2 Å². The first kappa shape index (κ1) is 12.9. The number of halogens is 2. The van der Waals surface area contributed by atoms with Crippen molar-refractivity contribution >= 4 is 21.6 Å². The highest BCUT2D eigenvalue weighted by molar-refractivity contribution is 9.10. The Balaban J connectivity index is 1.98. The minimum Gasteiger partial charge on any atom is -0.380 e. The Hall–Kier alpha value is -0.570. The fourth-order valence-electron chi connectivity index (χ4n) is 2.43. The van der Waals surface area contributed by atoms with Crippen LogP contribution in [0.1, 0.15) is 44.9 Å². The van der Waals surface area contributed by atoms with Gasteiger partial charge >= 0.3 is 0 Å². The molecule has 1 N–H and O–H groups in total. The lowest BCUT2D eigenvalue weighted by atomic mass is 9.96. The van der Waals surface area contributed by atoms with Gasteiger partial charge in [-0.2, -0.15) is 0 Å². The van der Waals surface area contributed by atoms with Crippen molar-refractivity contribution in [2.24, 2.45) is 0 Å². The van der Waals surface area contributed by atoms with Crippen molar-refractivity contribution in [2.75, 3.05) is 5.32 Å². The summed E-state index contributed by atoms with van der Waals surface area (Å²) in [5.74, 6) is -0.165. The van der Waals surface area contributed by atoms with E-state index >= 15 is 0 Å². The molecule has 3 heteroatoms. The third-order valence-electron chi connectivity index (χ3n) is 3.40. The molecule has 94 valence electrons. The molecule has 0 aliphatic heterocycles. The summed E-state index contributed by atoms with van der Waals surface area (Å²) < 4.78 is 14.5. The smallest absolute Gasteiger partial charge is 0.147 e. The fourth-order valence-corrected chi connectivity index (χ4v) is 2.76. The molecule has 2 rings (SSSR count). The molecule has 1 aliphatic rings. The average Bonchev–Trinajstić information content (AvgIpc) is 2.25. The maximum absolute atomic E-state index is 13.7. The van der Waals surface area contributed by atoms with Crippen LogP contribution in [0.3, 0.4) is 0 Å². The second-order valence-corrected chi connectivity index (χ2v) is 5.73. The molecule has 0 bridgehead atoms. The topological polar surface area (TPSA) is 12.0 Å². The van der Waals surface area contributed by atoms with E-state index in [2.05, 4.69) is 21.2 Å². The lowest BCUT2D eigenvalue weighted by molar-refractivity contribution is 0.469. The van der Waals surface area contributed by atoms with Crippen molar-refractivity contribution in [2.45, 2.75) is 51.0 Å². The van der Waals surface area contributed by atoms with Crippen LogP contribution in [0.2, 0.25) is 0 Å². The van der Waals surface area contributed by atoms with Crippen molar-refractivity contribution in [3.05, 3.63) is 28.5 Å². The molecule has 0 unspecified atom stereocenters. The molecule has 0 atom stereocenters. The van der Waals surface area contributed by atoms with Gasteiger partial charge < -0.3 is 5.32 Å². The molecule has 0 amide bonds. The molecule has 1 aromatic carbocycles. The highest BCUT2D eigenvalue weighted by Crippen LogP contribution is 2.24. The van der Waals surface area contributed by atoms with E-state index in [-0.39, 0.29) is 5.82 Å². The van der Waals surface area contributed by atoms with Crippen LogP contribution < -0.4 is 5.32 Å². The number of hydrogen-bond acceptors (Lipinski definition) is 1. The summed E-state index contributed by atoms with van der Waals surface area (Å²) >= 11 is 3.28. The Morgan fingerprint density at radius 2 is 1.71 bits per heavy atom. The zero-order valence-corrected chi connectivity index (χ0v) is 11.6. The van der Waals surface area contributed by atoms with Crippen molar-refractivity contribution in [1.82, 2.24) is 0 Å². The van der Waals surface area contributed by atoms with Crippen LogP contribution in [0.5, 0.6) is 0 Å². The average molecular weight is 300 g/mol. The number of rotatable bonds is 2. The van der Waals surface area contributed by atoms with Gasteiger partial charge in [0, 0.05) is 10.5 Å². The van der Waals surface area contributed by atoms with Gasteiger partial charge in [0.15, 0.2) is 0 Å². The number of nitrogens with one attached hydrogen (secondary N) is 1. The lowest BCUT2D eigenvalue weighted by Crippen LogP contribution is -2.21. The predicted molar refractivity (Wildman–Crippen MR) is 73.8 cm³/mol. The predicted octanol–water partition coefficient (Wildman–Crippen LogP) is 5.11. The van der Waals surface area contributed by atoms with Gasteiger partial charge in [0.2, 0.25) is 0 Å². The lowest BCUT2D eigenvalue weighted by Gasteiger charge is -2.22. The van der Waals surface area contributed by atoms with Crippen molar-refractivity contribution in [1.29, 1.82) is 0 Å². The largest absolute Gasteiger partial charge is 0.380 e. The maximum atomic E-state index is 13.7. The van der Waals surface area contributed by atoms with Gasteiger partial charge in [0.25, 0.3) is 0 Å². The van der Waals surface area contributed by atoms with Gasteiger partial charge in [0.1, 0.15) is 5.82 Å². The van der Waals surface area contributed by atoms with Crippen LogP contribution in [0.25, 0.3) is 0 Å². The van der Waals surface area contributed by atoms with Crippen molar-refractivity contribution < 1.29 is 4.39 Å². The van der Waals surface area contributed by atoms with Gasteiger partial charge in [0.05, 0.1) is 5.69 Å². The van der Waals surface area contributed by atoms with E-state index in [0.29, 0.717) is 11.7 Å². The quantitative estimate of drug-likeness (QED) is 0.800. The molecule has 0 aromatic heterocycles. The van der Waals surface area contributed by atoms with E-state index in [1.807, 2.05) is 12.1 Å². The molecule has 0 spiro atoms. The summed E-state index contributed by atoms with van der Waals surface area (Å²) in [6, 6.07) is 5.66. The second kappa shape index (κ2) is 6.39. The van der Waals surface area contributed by atoms with Gasteiger partial charge in [-0.1, -0.05) is 48.0 Å². The summed E-state index contributed by atoms with van der Waals surface area (Å²) in [6.07, 6.45) is 8.85. The van der Waals surface area contributed by atoms with E-state index in [9.17, 15) is 4.39 Å².